The van der Waals surface area contributed by atoms with Crippen molar-refractivity contribution in [3.63, 3.8) is 0 Å². The fourth-order valence-corrected chi connectivity index (χ4v) is 4.91. The molecule has 0 aliphatic carbocycles. The predicted molar refractivity (Wildman–Crippen MR) is 146 cm³/mol. The molecule has 0 radical (unpaired) electrons. The zero-order valence-electron chi connectivity index (χ0n) is 22.0. The Morgan fingerprint density at radius 2 is 1.82 bits per heavy atom. The number of carbonyl (C=O) groups is 1. The smallest absolute Gasteiger partial charge is 0.410 e. The molecular weight excluding hydrogens is 499 g/mol. The third-order valence-electron chi connectivity index (χ3n) is 6.92. The van der Waals surface area contributed by atoms with Gasteiger partial charge in [-0.2, -0.15) is 0 Å². The van der Waals surface area contributed by atoms with Gasteiger partial charge >= 0.3 is 6.09 Å². The largest absolute Gasteiger partial charge is 0.457 e. The molecule has 200 valence electrons. The number of amides is 1. The molecule has 0 unspecified atom stereocenters. The first-order valence-electron chi connectivity index (χ1n) is 12.9. The van der Waals surface area contributed by atoms with Gasteiger partial charge < -0.3 is 19.7 Å². The molecule has 2 saturated heterocycles. The number of pyridine rings is 1. The van der Waals surface area contributed by atoms with Crippen LogP contribution in [0.1, 0.15) is 27.2 Å². The summed E-state index contributed by atoms with van der Waals surface area (Å²) in [7, 11) is 0. The molecule has 2 aliphatic rings. The van der Waals surface area contributed by atoms with Crippen LogP contribution in [0.5, 0.6) is 11.5 Å². The highest BCUT2D eigenvalue weighted by Gasteiger charge is 2.56. The quantitative estimate of drug-likeness (QED) is 0.342. The number of fused-ring (bicyclic) bond motifs is 1. The molecule has 39 heavy (non-hydrogen) atoms. The Morgan fingerprint density at radius 3 is 2.51 bits per heavy atom. The van der Waals surface area contributed by atoms with Crippen LogP contribution in [0.25, 0.3) is 11.0 Å². The number of nitrogens with zero attached hydrogens (tertiary/aromatic N) is 5. The molecule has 2 aliphatic heterocycles. The molecule has 9 nitrogen and oxygen atoms in total. The second-order valence-corrected chi connectivity index (χ2v) is 10.9. The van der Waals surface area contributed by atoms with Crippen molar-refractivity contribution in [2.75, 3.05) is 29.9 Å². The number of carbonyl (C=O) groups excluding carboxylic acids is 1. The molecule has 2 fully saturated rings. The zero-order valence-corrected chi connectivity index (χ0v) is 22.0. The van der Waals surface area contributed by atoms with Crippen molar-refractivity contribution in [3.05, 3.63) is 72.8 Å². The third kappa shape index (κ3) is 4.89. The highest BCUT2D eigenvalue weighted by atomic mass is 19.1. The van der Waals surface area contributed by atoms with E-state index in [-0.39, 0.29) is 17.3 Å². The molecule has 0 saturated carbocycles. The summed E-state index contributed by atoms with van der Waals surface area (Å²) in [6, 6.07) is 17.6. The first kappa shape index (κ1) is 24.8. The van der Waals surface area contributed by atoms with Crippen LogP contribution < -0.4 is 15.0 Å². The number of anilines is 3. The van der Waals surface area contributed by atoms with Crippen LogP contribution in [0.4, 0.5) is 26.5 Å². The van der Waals surface area contributed by atoms with Gasteiger partial charge in [0.15, 0.2) is 5.82 Å². The minimum Gasteiger partial charge on any atom is -0.457 e. The Labute approximate surface area is 225 Å². The van der Waals surface area contributed by atoms with E-state index in [0.29, 0.717) is 48.0 Å². The highest BCUT2D eigenvalue weighted by molar-refractivity contribution is 5.88. The summed E-state index contributed by atoms with van der Waals surface area (Å²) in [6.45, 7) is 7.63. The maximum Gasteiger partial charge on any atom is 0.410 e. The average Bonchev–Trinajstić information content (AvgIpc) is 2.84. The van der Waals surface area contributed by atoms with Crippen molar-refractivity contribution in [2.24, 2.45) is 0 Å². The summed E-state index contributed by atoms with van der Waals surface area (Å²) in [4.78, 5) is 30.0. The molecule has 0 atom stereocenters. The molecule has 1 spiro atoms. The van der Waals surface area contributed by atoms with Gasteiger partial charge in [0, 0.05) is 25.7 Å². The molecular formula is C29H29FN6O3. The summed E-state index contributed by atoms with van der Waals surface area (Å²) >= 11 is 0. The van der Waals surface area contributed by atoms with E-state index in [1.165, 1.54) is 12.4 Å². The molecule has 10 heteroatoms. The number of para-hydroxylation sites is 1. The monoisotopic (exact) mass is 528 g/mol. The standard InChI is InChI=1S/C29H29FN6O3/c1-28(2,3)39-27(37)36-14-13-29(36)16-35(17-29)24-12-11-23-25(34-24)26(32-18-31-23)33-22-10-9-20(15-21(22)30)38-19-7-5-4-6-8-19/h4-12,15,18H,13-14,16-17H2,1-3H3,(H,31,32,33). The zero-order chi connectivity index (χ0) is 27.2. The van der Waals surface area contributed by atoms with Gasteiger partial charge in [-0.05, 0) is 63.6 Å². The molecule has 1 N–H and O–H groups in total. The fraction of sp³-hybridized carbons (Fsp3) is 0.310. The average molecular weight is 529 g/mol. The number of rotatable bonds is 5. The summed E-state index contributed by atoms with van der Waals surface area (Å²) in [5.41, 5.74) is 0.649. The predicted octanol–water partition coefficient (Wildman–Crippen LogP) is 5.90. The Hall–Kier alpha value is -4.47. The van der Waals surface area contributed by atoms with E-state index in [4.69, 9.17) is 14.5 Å². The third-order valence-corrected chi connectivity index (χ3v) is 6.92. The highest BCUT2D eigenvalue weighted by Crippen LogP contribution is 2.42. The van der Waals surface area contributed by atoms with Gasteiger partial charge in [0.25, 0.3) is 0 Å². The van der Waals surface area contributed by atoms with Crippen LogP contribution >= 0.6 is 0 Å². The summed E-state index contributed by atoms with van der Waals surface area (Å²) in [5, 5.41) is 3.06. The van der Waals surface area contributed by atoms with Crippen LogP contribution in [0.3, 0.4) is 0 Å². The van der Waals surface area contributed by atoms with E-state index in [1.54, 1.807) is 24.3 Å². The van der Waals surface area contributed by atoms with Gasteiger partial charge in [-0.1, -0.05) is 18.2 Å². The van der Waals surface area contributed by atoms with Crippen LogP contribution in [-0.4, -0.2) is 56.7 Å². The lowest BCUT2D eigenvalue weighted by atomic mass is 9.78. The van der Waals surface area contributed by atoms with E-state index in [9.17, 15) is 9.18 Å². The molecule has 0 bridgehead atoms. The maximum absolute atomic E-state index is 15.0. The topological polar surface area (TPSA) is 92.7 Å². The summed E-state index contributed by atoms with van der Waals surface area (Å²) in [6.07, 6.45) is 2.07. The number of hydrogen-bond acceptors (Lipinski definition) is 8. The minimum atomic E-state index is -0.532. The maximum atomic E-state index is 15.0. The minimum absolute atomic E-state index is 0.222. The number of nitrogens with one attached hydrogen (secondary N) is 1. The molecule has 2 aromatic carbocycles. The molecule has 1 amide bonds. The van der Waals surface area contributed by atoms with Gasteiger partial charge in [-0.15, -0.1) is 0 Å². The number of likely N-dealkylation sites (tertiary alicyclic amines) is 1. The second-order valence-electron chi connectivity index (χ2n) is 10.9. The first-order valence-corrected chi connectivity index (χ1v) is 12.9. The Balaban J connectivity index is 1.18. The number of halogens is 1. The van der Waals surface area contributed by atoms with Gasteiger partial charge in [-0.3, -0.25) is 4.90 Å². The van der Waals surface area contributed by atoms with Gasteiger partial charge in [-0.25, -0.2) is 24.1 Å². The summed E-state index contributed by atoms with van der Waals surface area (Å²) < 4.78 is 26.3. The fourth-order valence-electron chi connectivity index (χ4n) is 4.91. The lowest BCUT2D eigenvalue weighted by molar-refractivity contribution is -0.0562. The lowest BCUT2D eigenvalue weighted by Crippen LogP contribution is -2.78. The normalized spacial score (nSPS) is 16.0. The number of ether oxygens (including phenoxy) is 2. The first-order chi connectivity index (χ1) is 18.7. The second kappa shape index (κ2) is 9.37. The van der Waals surface area contributed by atoms with Crippen molar-refractivity contribution in [1.82, 2.24) is 19.9 Å². The van der Waals surface area contributed by atoms with E-state index in [0.717, 1.165) is 12.2 Å². The Kier molecular flexibility index (Phi) is 5.97. The van der Waals surface area contributed by atoms with Crippen molar-refractivity contribution in [1.29, 1.82) is 0 Å². The van der Waals surface area contributed by atoms with Crippen LogP contribution in [0.15, 0.2) is 67.0 Å². The van der Waals surface area contributed by atoms with E-state index in [1.807, 2.05) is 56.0 Å². The van der Waals surface area contributed by atoms with E-state index in [2.05, 4.69) is 20.2 Å². The number of benzene rings is 2. The van der Waals surface area contributed by atoms with Gasteiger partial charge in [0.1, 0.15) is 40.6 Å². The molecule has 2 aromatic heterocycles. The molecule has 4 heterocycles. The summed E-state index contributed by atoms with van der Waals surface area (Å²) in [5.74, 6) is 1.67. The van der Waals surface area contributed by atoms with Crippen molar-refractivity contribution >= 4 is 34.4 Å². The number of hydrogen-bond donors (Lipinski definition) is 1. The van der Waals surface area contributed by atoms with Gasteiger partial charge in [0.2, 0.25) is 0 Å². The van der Waals surface area contributed by atoms with Crippen LogP contribution in [0, 0.1) is 5.82 Å². The van der Waals surface area contributed by atoms with E-state index < -0.39 is 11.4 Å². The van der Waals surface area contributed by atoms with Crippen molar-refractivity contribution in [2.45, 2.75) is 38.3 Å². The molecule has 6 rings (SSSR count). The van der Waals surface area contributed by atoms with Crippen molar-refractivity contribution in [3.8, 4) is 11.5 Å². The van der Waals surface area contributed by atoms with E-state index >= 15 is 0 Å². The number of aromatic nitrogens is 3. The Bertz CT molecular complexity index is 1540. The molecule has 4 aromatic rings. The van der Waals surface area contributed by atoms with Crippen molar-refractivity contribution < 1.29 is 18.7 Å². The Morgan fingerprint density at radius 1 is 1.03 bits per heavy atom. The van der Waals surface area contributed by atoms with Gasteiger partial charge in [0.05, 0.1) is 16.7 Å². The van der Waals surface area contributed by atoms with Crippen LogP contribution in [-0.2, 0) is 4.74 Å². The SMILES string of the molecule is CC(C)(C)OC(=O)N1CCC12CN(c1ccc3ncnc(Nc4ccc(Oc5ccccc5)cc4F)c3n1)C2. The van der Waals surface area contributed by atoms with Crippen LogP contribution in [0.2, 0.25) is 0 Å². The lowest BCUT2D eigenvalue weighted by Gasteiger charge is -2.62.